The molecule has 0 aromatic heterocycles. The molecule has 2 amide bonds. The molecule has 3 N–H and O–H groups in total. The van der Waals surface area contributed by atoms with Crippen molar-refractivity contribution in [2.75, 3.05) is 32.2 Å². The summed E-state index contributed by atoms with van der Waals surface area (Å²) in [6.45, 7) is 3.94. The molecule has 0 spiro atoms. The Bertz CT molecular complexity index is 919. The van der Waals surface area contributed by atoms with E-state index in [1.54, 1.807) is 55.6 Å². The van der Waals surface area contributed by atoms with Gasteiger partial charge in [0.15, 0.2) is 5.11 Å². The Morgan fingerprint density at radius 1 is 0.882 bits per heavy atom. The predicted octanol–water partition coefficient (Wildman–Crippen LogP) is 4.93. The van der Waals surface area contributed by atoms with E-state index < -0.39 is 0 Å². The van der Waals surface area contributed by atoms with Gasteiger partial charge in [-0.2, -0.15) is 0 Å². The van der Waals surface area contributed by atoms with Gasteiger partial charge in [0, 0.05) is 25.8 Å². The van der Waals surface area contributed by atoms with Crippen LogP contribution >= 0.6 is 12.2 Å². The zero-order valence-electron chi connectivity index (χ0n) is 20.0. The molecular weight excluding hydrogens is 450 g/mol. The van der Waals surface area contributed by atoms with Gasteiger partial charge in [-0.1, -0.05) is 44.7 Å². The molecule has 8 heteroatoms. The van der Waals surface area contributed by atoms with Crippen LogP contribution in [0.4, 0.5) is 5.69 Å². The number of methoxy groups -OCH3 is 1. The van der Waals surface area contributed by atoms with Gasteiger partial charge in [-0.25, -0.2) is 0 Å². The number of rotatable bonds is 14. The summed E-state index contributed by atoms with van der Waals surface area (Å²) < 4.78 is 10.7. The molecule has 7 nitrogen and oxygen atoms in total. The average molecular weight is 486 g/mol. The van der Waals surface area contributed by atoms with Crippen LogP contribution in [0, 0.1) is 0 Å². The summed E-state index contributed by atoms with van der Waals surface area (Å²) in [4.78, 5) is 25.1. The van der Waals surface area contributed by atoms with Crippen LogP contribution in [0.5, 0.6) is 5.75 Å². The Morgan fingerprint density at radius 2 is 1.62 bits per heavy atom. The minimum Gasteiger partial charge on any atom is -0.494 e. The van der Waals surface area contributed by atoms with Gasteiger partial charge in [0.25, 0.3) is 11.8 Å². The number of carbonyl (C=O) groups is 2. The number of carbonyl (C=O) groups excluding carboxylic acids is 2. The maximum Gasteiger partial charge on any atom is 0.257 e. The number of hydrogen-bond donors (Lipinski definition) is 3. The minimum atomic E-state index is -0.342. The highest BCUT2D eigenvalue weighted by Crippen LogP contribution is 2.16. The van der Waals surface area contributed by atoms with E-state index in [9.17, 15) is 9.59 Å². The standard InChI is InChI=1S/C26H35N3O4S/c1-3-4-5-6-9-19-33-21-15-13-20(14-16-21)24(30)29-26(34)28-23-12-8-7-11-22(23)25(31)27-17-10-18-32-2/h7-8,11-16H,3-6,9-10,17-19H2,1-2H3,(H,27,31)(H2,28,29,30,34). The highest BCUT2D eigenvalue weighted by atomic mass is 32.1. The normalized spacial score (nSPS) is 10.4. The molecule has 0 saturated carbocycles. The monoisotopic (exact) mass is 485 g/mol. The highest BCUT2D eigenvalue weighted by molar-refractivity contribution is 7.80. The Kier molecular flexibility index (Phi) is 12.7. The third-order valence-electron chi connectivity index (χ3n) is 5.09. The molecule has 184 valence electrons. The van der Waals surface area contributed by atoms with Crippen LogP contribution in [0.25, 0.3) is 0 Å². The number of anilines is 1. The van der Waals surface area contributed by atoms with Gasteiger partial charge in [0.05, 0.1) is 17.9 Å². The second kappa shape index (κ2) is 15.8. The molecule has 0 aliphatic heterocycles. The second-order valence-corrected chi connectivity index (χ2v) is 8.25. The van der Waals surface area contributed by atoms with Crippen LogP contribution in [0.1, 0.15) is 66.2 Å². The first-order valence-corrected chi connectivity index (χ1v) is 12.2. The zero-order valence-corrected chi connectivity index (χ0v) is 20.8. The van der Waals surface area contributed by atoms with Gasteiger partial charge in [0.2, 0.25) is 0 Å². The Labute approximate surface area is 207 Å². The van der Waals surface area contributed by atoms with Crippen molar-refractivity contribution < 1.29 is 19.1 Å². The van der Waals surface area contributed by atoms with Gasteiger partial charge >= 0.3 is 0 Å². The quantitative estimate of drug-likeness (QED) is 0.260. The van der Waals surface area contributed by atoms with Crippen molar-refractivity contribution >= 4 is 34.8 Å². The van der Waals surface area contributed by atoms with Crippen LogP contribution in [0.15, 0.2) is 48.5 Å². The summed E-state index contributed by atoms with van der Waals surface area (Å²) in [6.07, 6.45) is 6.62. The molecule has 2 aromatic carbocycles. The van der Waals surface area contributed by atoms with Crippen molar-refractivity contribution in [3.8, 4) is 5.75 Å². The van der Waals surface area contributed by atoms with E-state index in [2.05, 4.69) is 22.9 Å². The molecule has 0 atom stereocenters. The van der Waals surface area contributed by atoms with Gasteiger partial charge in [-0.15, -0.1) is 0 Å². The molecule has 0 aliphatic carbocycles. The van der Waals surface area contributed by atoms with E-state index in [0.29, 0.717) is 36.6 Å². The zero-order chi connectivity index (χ0) is 24.6. The lowest BCUT2D eigenvalue weighted by Crippen LogP contribution is -2.35. The summed E-state index contributed by atoms with van der Waals surface area (Å²) in [5, 5.41) is 8.55. The molecular formula is C26H35N3O4S. The van der Waals surface area contributed by atoms with Crippen LogP contribution in [-0.4, -0.2) is 43.8 Å². The molecule has 34 heavy (non-hydrogen) atoms. The number of para-hydroxylation sites is 1. The first-order valence-electron chi connectivity index (χ1n) is 11.8. The van der Waals surface area contributed by atoms with E-state index in [1.807, 2.05) is 0 Å². The fraction of sp³-hybridized carbons (Fsp3) is 0.423. The van der Waals surface area contributed by atoms with Crippen LogP contribution in [-0.2, 0) is 4.74 Å². The number of benzene rings is 2. The lowest BCUT2D eigenvalue weighted by Gasteiger charge is -2.14. The third-order valence-corrected chi connectivity index (χ3v) is 5.29. The van der Waals surface area contributed by atoms with Crippen LogP contribution in [0.3, 0.4) is 0 Å². The largest absolute Gasteiger partial charge is 0.494 e. The molecule has 2 rings (SSSR count). The Morgan fingerprint density at radius 3 is 2.35 bits per heavy atom. The Balaban J connectivity index is 1.84. The topological polar surface area (TPSA) is 88.7 Å². The third kappa shape index (κ3) is 9.89. The summed E-state index contributed by atoms with van der Waals surface area (Å²) in [5.41, 5.74) is 1.41. The number of ether oxygens (including phenoxy) is 2. The van der Waals surface area contributed by atoms with Crippen molar-refractivity contribution in [3.05, 3.63) is 59.7 Å². The van der Waals surface area contributed by atoms with Gasteiger partial charge in [0.1, 0.15) is 5.75 Å². The van der Waals surface area contributed by atoms with Crippen molar-refractivity contribution in [2.24, 2.45) is 0 Å². The fourth-order valence-electron chi connectivity index (χ4n) is 3.23. The van der Waals surface area contributed by atoms with Gasteiger partial charge in [-0.05, 0) is 61.5 Å². The van der Waals surface area contributed by atoms with E-state index >= 15 is 0 Å². The molecule has 0 unspecified atom stereocenters. The van der Waals surface area contributed by atoms with Crippen molar-refractivity contribution in [1.29, 1.82) is 0 Å². The SMILES string of the molecule is CCCCCCCOc1ccc(C(=O)NC(=S)Nc2ccccc2C(=O)NCCCOC)cc1. The molecule has 0 radical (unpaired) electrons. The highest BCUT2D eigenvalue weighted by Gasteiger charge is 2.13. The predicted molar refractivity (Wildman–Crippen MR) is 140 cm³/mol. The molecule has 2 aromatic rings. The first kappa shape index (κ1) is 27.3. The number of thiocarbonyl (C=S) groups is 1. The molecule has 0 bridgehead atoms. The van der Waals surface area contributed by atoms with Gasteiger partial charge in [-0.3, -0.25) is 14.9 Å². The fourth-order valence-corrected chi connectivity index (χ4v) is 3.43. The number of hydrogen-bond acceptors (Lipinski definition) is 5. The average Bonchev–Trinajstić information content (AvgIpc) is 2.84. The smallest absolute Gasteiger partial charge is 0.257 e. The molecule has 0 aliphatic rings. The summed E-state index contributed by atoms with van der Waals surface area (Å²) >= 11 is 5.29. The van der Waals surface area contributed by atoms with E-state index in [-0.39, 0.29) is 16.9 Å². The summed E-state index contributed by atoms with van der Waals surface area (Å²) in [5.74, 6) is 0.164. The summed E-state index contributed by atoms with van der Waals surface area (Å²) in [7, 11) is 1.62. The maximum absolute atomic E-state index is 12.6. The van der Waals surface area contributed by atoms with Gasteiger partial charge < -0.3 is 20.1 Å². The Hall–Kier alpha value is -2.97. The number of unbranched alkanes of at least 4 members (excludes halogenated alkanes) is 4. The lowest BCUT2D eigenvalue weighted by atomic mass is 10.1. The molecule has 0 saturated heterocycles. The second-order valence-electron chi connectivity index (χ2n) is 7.84. The maximum atomic E-state index is 12.6. The number of nitrogens with one attached hydrogen (secondary N) is 3. The van der Waals surface area contributed by atoms with E-state index in [0.717, 1.165) is 25.0 Å². The van der Waals surface area contributed by atoms with Crippen molar-refractivity contribution in [1.82, 2.24) is 10.6 Å². The van der Waals surface area contributed by atoms with Crippen LogP contribution < -0.4 is 20.7 Å². The summed E-state index contributed by atoms with van der Waals surface area (Å²) in [6, 6.07) is 13.9. The van der Waals surface area contributed by atoms with E-state index in [4.69, 9.17) is 21.7 Å². The molecule has 0 heterocycles. The lowest BCUT2D eigenvalue weighted by molar-refractivity contribution is 0.0947. The molecule has 0 fully saturated rings. The first-order chi connectivity index (χ1) is 16.5. The van der Waals surface area contributed by atoms with Crippen molar-refractivity contribution in [2.45, 2.75) is 45.4 Å². The van der Waals surface area contributed by atoms with Crippen molar-refractivity contribution in [3.63, 3.8) is 0 Å². The minimum absolute atomic E-state index is 0.108. The van der Waals surface area contributed by atoms with Crippen LogP contribution in [0.2, 0.25) is 0 Å². The number of amides is 2. The van der Waals surface area contributed by atoms with E-state index in [1.165, 1.54) is 19.3 Å².